The number of carbonyl (C=O) groups is 1. The predicted molar refractivity (Wildman–Crippen MR) is 83.4 cm³/mol. The second-order valence-electron chi connectivity index (χ2n) is 5.90. The molecule has 102 valence electrons. The maximum absolute atomic E-state index is 12.1. The van der Waals surface area contributed by atoms with E-state index in [0.29, 0.717) is 17.5 Å². The van der Waals surface area contributed by atoms with E-state index >= 15 is 0 Å². The zero-order valence-corrected chi connectivity index (χ0v) is 13.4. The fraction of sp³-hybridized carbons (Fsp3) is 0.562. The van der Waals surface area contributed by atoms with E-state index in [4.69, 9.17) is 0 Å². The number of ketones is 1. The summed E-state index contributed by atoms with van der Waals surface area (Å²) in [5.41, 5.74) is 0. The first-order valence-corrected chi connectivity index (χ1v) is 8.89. The van der Waals surface area contributed by atoms with Gasteiger partial charge in [0.2, 0.25) is 0 Å². The second kappa shape index (κ2) is 6.01. The molecule has 1 nitrogen and oxygen atoms in total. The van der Waals surface area contributed by atoms with Gasteiger partial charge in [0.05, 0.1) is 5.75 Å². The molecule has 0 amide bonds. The van der Waals surface area contributed by atoms with Crippen LogP contribution in [0.2, 0.25) is 0 Å². The smallest absolute Gasteiger partial charge is 0.143 e. The summed E-state index contributed by atoms with van der Waals surface area (Å²) in [5, 5.41) is 0. The van der Waals surface area contributed by atoms with Gasteiger partial charge in [-0.15, -0.1) is 11.8 Å². The molecule has 2 fully saturated rings. The van der Waals surface area contributed by atoms with E-state index in [1.165, 1.54) is 30.6 Å². The number of benzene rings is 1. The molecule has 19 heavy (non-hydrogen) atoms. The quantitative estimate of drug-likeness (QED) is 0.707. The van der Waals surface area contributed by atoms with Gasteiger partial charge < -0.3 is 0 Å². The Morgan fingerprint density at radius 2 is 2.11 bits per heavy atom. The highest BCUT2D eigenvalue weighted by molar-refractivity contribution is 9.10. The standard InChI is InChI=1S/C16H19BrOS/c17-15-3-1-2-4-16(15)19-10-14(18)9-13-8-11-5-6-12(13)7-11/h1-4,11-13H,5-10H2. The molecule has 0 aromatic heterocycles. The van der Waals surface area contributed by atoms with Crippen molar-refractivity contribution in [2.45, 2.75) is 37.0 Å². The second-order valence-corrected chi connectivity index (χ2v) is 7.77. The molecular weight excluding hydrogens is 320 g/mol. The highest BCUT2D eigenvalue weighted by Gasteiger charge is 2.39. The average molecular weight is 339 g/mol. The van der Waals surface area contributed by atoms with Crippen LogP contribution in [0.25, 0.3) is 0 Å². The van der Waals surface area contributed by atoms with E-state index in [-0.39, 0.29) is 0 Å². The van der Waals surface area contributed by atoms with Crippen LogP contribution >= 0.6 is 27.7 Å². The molecule has 2 aliphatic rings. The largest absolute Gasteiger partial charge is 0.299 e. The number of fused-ring (bicyclic) bond motifs is 2. The van der Waals surface area contributed by atoms with E-state index in [9.17, 15) is 4.79 Å². The third-order valence-corrected chi connectivity index (χ3v) is 6.69. The van der Waals surface area contributed by atoms with Crippen molar-refractivity contribution in [1.82, 2.24) is 0 Å². The molecule has 0 radical (unpaired) electrons. The van der Waals surface area contributed by atoms with E-state index in [2.05, 4.69) is 22.0 Å². The molecule has 1 aromatic rings. The summed E-state index contributed by atoms with van der Waals surface area (Å²) in [5.74, 6) is 3.56. The van der Waals surface area contributed by atoms with Crippen molar-refractivity contribution in [3.05, 3.63) is 28.7 Å². The van der Waals surface area contributed by atoms with Gasteiger partial charge >= 0.3 is 0 Å². The summed E-state index contributed by atoms with van der Waals surface area (Å²) in [7, 11) is 0. The first-order chi connectivity index (χ1) is 9.22. The normalized spacial score (nSPS) is 28.8. The van der Waals surface area contributed by atoms with Gasteiger partial charge in [0.15, 0.2) is 0 Å². The van der Waals surface area contributed by atoms with Crippen LogP contribution in [-0.4, -0.2) is 11.5 Å². The molecule has 3 unspecified atom stereocenters. The van der Waals surface area contributed by atoms with Gasteiger partial charge in [-0.25, -0.2) is 0 Å². The predicted octanol–water partition coefficient (Wildman–Crippen LogP) is 4.94. The molecule has 3 heteroatoms. The fourth-order valence-electron chi connectivity index (χ4n) is 3.70. The minimum absolute atomic E-state index is 0.429. The monoisotopic (exact) mass is 338 g/mol. The van der Waals surface area contributed by atoms with Crippen LogP contribution in [-0.2, 0) is 4.79 Å². The van der Waals surface area contributed by atoms with Crippen molar-refractivity contribution in [1.29, 1.82) is 0 Å². The molecule has 0 heterocycles. The van der Waals surface area contributed by atoms with E-state index < -0.39 is 0 Å². The van der Waals surface area contributed by atoms with Gasteiger partial charge in [0, 0.05) is 15.8 Å². The lowest BCUT2D eigenvalue weighted by molar-refractivity contribution is -0.117. The zero-order valence-electron chi connectivity index (χ0n) is 11.0. The molecular formula is C16H19BrOS. The number of Topliss-reactive ketones (excluding diaryl/α,β-unsaturated/α-hetero) is 1. The molecule has 3 rings (SSSR count). The lowest BCUT2D eigenvalue weighted by Gasteiger charge is -2.20. The third-order valence-electron chi connectivity index (χ3n) is 4.60. The maximum atomic E-state index is 12.1. The minimum Gasteiger partial charge on any atom is -0.299 e. The van der Waals surface area contributed by atoms with Crippen LogP contribution < -0.4 is 0 Å². The summed E-state index contributed by atoms with van der Waals surface area (Å²) in [4.78, 5) is 13.3. The molecule has 0 aliphatic heterocycles. The van der Waals surface area contributed by atoms with Crippen LogP contribution in [0.3, 0.4) is 0 Å². The van der Waals surface area contributed by atoms with Crippen LogP contribution in [0.4, 0.5) is 0 Å². The van der Waals surface area contributed by atoms with Gasteiger partial charge in [-0.05, 0) is 65.1 Å². The van der Waals surface area contributed by atoms with Crippen LogP contribution in [0.15, 0.2) is 33.6 Å². The number of halogens is 1. The molecule has 2 aliphatic carbocycles. The van der Waals surface area contributed by atoms with Crippen molar-refractivity contribution in [2.75, 3.05) is 5.75 Å². The van der Waals surface area contributed by atoms with Crippen molar-refractivity contribution >= 4 is 33.5 Å². The summed E-state index contributed by atoms with van der Waals surface area (Å²) in [6.07, 6.45) is 6.32. The van der Waals surface area contributed by atoms with E-state index in [0.717, 1.165) is 22.7 Å². The average Bonchev–Trinajstić information content (AvgIpc) is 3.00. The zero-order chi connectivity index (χ0) is 13.2. The SMILES string of the molecule is O=C(CSc1ccccc1Br)CC1CC2CCC1C2. The van der Waals surface area contributed by atoms with Gasteiger partial charge in [0.1, 0.15) is 5.78 Å². The van der Waals surface area contributed by atoms with Crippen LogP contribution in [0.1, 0.15) is 32.1 Å². The van der Waals surface area contributed by atoms with Crippen molar-refractivity contribution in [3.8, 4) is 0 Å². The lowest BCUT2D eigenvalue weighted by Crippen LogP contribution is -2.16. The third kappa shape index (κ3) is 3.25. The summed E-state index contributed by atoms with van der Waals surface area (Å²) < 4.78 is 1.09. The number of hydrogen-bond donors (Lipinski definition) is 0. The Morgan fingerprint density at radius 3 is 2.79 bits per heavy atom. The molecule has 3 atom stereocenters. The van der Waals surface area contributed by atoms with Crippen molar-refractivity contribution in [3.63, 3.8) is 0 Å². The molecule has 0 spiro atoms. The molecule has 1 aromatic carbocycles. The highest BCUT2D eigenvalue weighted by atomic mass is 79.9. The Kier molecular flexibility index (Phi) is 4.33. The van der Waals surface area contributed by atoms with Gasteiger partial charge in [-0.3, -0.25) is 4.79 Å². The minimum atomic E-state index is 0.429. The fourth-order valence-corrected chi connectivity index (χ4v) is 5.14. The number of rotatable bonds is 5. The van der Waals surface area contributed by atoms with Gasteiger partial charge in [-0.1, -0.05) is 18.6 Å². The van der Waals surface area contributed by atoms with Crippen molar-refractivity contribution < 1.29 is 4.79 Å². The molecule has 0 saturated heterocycles. The first-order valence-electron chi connectivity index (χ1n) is 7.11. The summed E-state index contributed by atoms with van der Waals surface area (Å²) >= 11 is 5.19. The van der Waals surface area contributed by atoms with E-state index in [1.54, 1.807) is 11.8 Å². The van der Waals surface area contributed by atoms with Gasteiger partial charge in [-0.2, -0.15) is 0 Å². The molecule has 2 saturated carbocycles. The summed E-state index contributed by atoms with van der Waals surface area (Å²) in [6, 6.07) is 8.13. The Labute approximate surface area is 127 Å². The number of hydrogen-bond acceptors (Lipinski definition) is 2. The molecule has 0 N–H and O–H groups in total. The number of thioether (sulfide) groups is 1. The highest BCUT2D eigenvalue weighted by Crippen LogP contribution is 2.49. The first kappa shape index (κ1) is 13.7. The lowest BCUT2D eigenvalue weighted by atomic mass is 9.85. The Balaban J connectivity index is 1.48. The molecule has 2 bridgehead atoms. The Morgan fingerprint density at radius 1 is 1.26 bits per heavy atom. The maximum Gasteiger partial charge on any atom is 0.143 e. The van der Waals surface area contributed by atoms with Crippen molar-refractivity contribution in [2.24, 2.45) is 17.8 Å². The topological polar surface area (TPSA) is 17.1 Å². The number of carbonyl (C=O) groups excluding carboxylic acids is 1. The van der Waals surface area contributed by atoms with Crippen LogP contribution in [0.5, 0.6) is 0 Å². The van der Waals surface area contributed by atoms with Gasteiger partial charge in [0.25, 0.3) is 0 Å². The Bertz CT molecular complexity index is 474. The van der Waals surface area contributed by atoms with Crippen LogP contribution in [0, 0.1) is 17.8 Å². The summed E-state index contributed by atoms with van der Waals surface area (Å²) in [6.45, 7) is 0. The Hall–Kier alpha value is -0.280. The van der Waals surface area contributed by atoms with E-state index in [1.807, 2.05) is 18.2 Å².